The van der Waals surface area contributed by atoms with Crippen molar-refractivity contribution in [2.45, 2.75) is 32.9 Å². The highest BCUT2D eigenvalue weighted by Crippen LogP contribution is 2.10. The van der Waals surface area contributed by atoms with Gasteiger partial charge < -0.3 is 10.1 Å². The molecular formula is C17H20FN3O4. The minimum absolute atomic E-state index is 0.120. The first kappa shape index (κ1) is 18.6. The van der Waals surface area contributed by atoms with Crippen molar-refractivity contribution >= 4 is 22.8 Å². The Morgan fingerprint density at radius 1 is 1.40 bits per heavy atom. The van der Waals surface area contributed by atoms with Crippen molar-refractivity contribution in [1.29, 1.82) is 0 Å². The van der Waals surface area contributed by atoms with E-state index in [0.717, 1.165) is 16.7 Å². The van der Waals surface area contributed by atoms with Crippen LogP contribution in [0.25, 0.3) is 10.9 Å². The van der Waals surface area contributed by atoms with E-state index in [0.29, 0.717) is 6.42 Å². The van der Waals surface area contributed by atoms with E-state index in [1.54, 1.807) is 0 Å². The quantitative estimate of drug-likeness (QED) is 0.793. The molecule has 0 saturated carbocycles. The number of carbonyl (C=O) groups is 2. The summed E-state index contributed by atoms with van der Waals surface area (Å²) in [7, 11) is 1.25. The summed E-state index contributed by atoms with van der Waals surface area (Å²) in [5, 5.41) is 2.80. The van der Waals surface area contributed by atoms with Crippen molar-refractivity contribution in [3.63, 3.8) is 0 Å². The number of benzene rings is 1. The van der Waals surface area contributed by atoms with Crippen molar-refractivity contribution in [2.75, 3.05) is 7.11 Å². The second-order valence-corrected chi connectivity index (χ2v) is 5.79. The fraction of sp³-hybridized carbons (Fsp3) is 0.412. The van der Waals surface area contributed by atoms with Crippen LogP contribution in [0, 0.1) is 11.7 Å². The summed E-state index contributed by atoms with van der Waals surface area (Å²) in [5.74, 6) is -1.67. The largest absolute Gasteiger partial charge is 0.467 e. The topological polar surface area (TPSA) is 90.3 Å². The van der Waals surface area contributed by atoms with Crippen molar-refractivity contribution in [3.05, 3.63) is 40.7 Å². The van der Waals surface area contributed by atoms with Gasteiger partial charge in [-0.05, 0) is 18.1 Å². The lowest BCUT2D eigenvalue weighted by molar-refractivity contribution is -0.146. The molecule has 134 valence electrons. The zero-order chi connectivity index (χ0) is 18.6. The molecule has 0 bridgehead atoms. The second kappa shape index (κ2) is 7.87. The number of hydrogen-bond acceptors (Lipinski definition) is 5. The van der Waals surface area contributed by atoms with E-state index in [4.69, 9.17) is 4.74 Å². The van der Waals surface area contributed by atoms with Gasteiger partial charge in [0.1, 0.15) is 18.4 Å². The van der Waals surface area contributed by atoms with Crippen molar-refractivity contribution in [3.8, 4) is 0 Å². The van der Waals surface area contributed by atoms with Gasteiger partial charge in [0.25, 0.3) is 5.56 Å². The van der Waals surface area contributed by atoms with Crippen LogP contribution in [0.4, 0.5) is 4.39 Å². The van der Waals surface area contributed by atoms with E-state index in [1.165, 1.54) is 19.5 Å². The Balaban J connectivity index is 2.21. The number of ether oxygens (including phenoxy) is 1. The highest BCUT2D eigenvalue weighted by Gasteiger charge is 2.26. The minimum atomic E-state index is -0.791. The van der Waals surface area contributed by atoms with Crippen LogP contribution in [0.15, 0.2) is 29.3 Å². The fourth-order valence-corrected chi connectivity index (χ4v) is 2.41. The fourth-order valence-electron chi connectivity index (χ4n) is 2.41. The molecule has 1 heterocycles. The summed E-state index contributed by atoms with van der Waals surface area (Å²) in [6, 6.07) is 2.84. The highest BCUT2D eigenvalue weighted by molar-refractivity contribution is 5.85. The SMILES string of the molecule is CCC(C)C(NC(=O)Cn1cnc2cc(F)ccc2c1=O)C(=O)OC. The summed E-state index contributed by atoms with van der Waals surface area (Å²) in [6.45, 7) is 3.41. The Hall–Kier alpha value is -2.77. The zero-order valence-corrected chi connectivity index (χ0v) is 14.3. The van der Waals surface area contributed by atoms with E-state index in [1.807, 2.05) is 13.8 Å². The third kappa shape index (κ3) is 4.20. The van der Waals surface area contributed by atoms with Crippen molar-refractivity contribution in [2.24, 2.45) is 5.92 Å². The van der Waals surface area contributed by atoms with Crippen LogP contribution in [0.5, 0.6) is 0 Å². The van der Waals surface area contributed by atoms with Crippen LogP contribution in [0.3, 0.4) is 0 Å². The maximum absolute atomic E-state index is 13.2. The lowest BCUT2D eigenvalue weighted by atomic mass is 9.99. The van der Waals surface area contributed by atoms with Crippen LogP contribution < -0.4 is 10.9 Å². The molecule has 1 aromatic carbocycles. The molecule has 1 N–H and O–H groups in total. The number of esters is 1. The van der Waals surface area contributed by atoms with E-state index in [-0.39, 0.29) is 23.4 Å². The molecule has 8 heteroatoms. The number of nitrogens with one attached hydrogen (secondary N) is 1. The maximum Gasteiger partial charge on any atom is 0.328 e. The smallest absolute Gasteiger partial charge is 0.328 e. The van der Waals surface area contributed by atoms with E-state index >= 15 is 0 Å². The molecule has 2 atom stereocenters. The monoisotopic (exact) mass is 349 g/mol. The highest BCUT2D eigenvalue weighted by atomic mass is 19.1. The number of halogens is 1. The third-order valence-corrected chi connectivity index (χ3v) is 4.09. The Morgan fingerprint density at radius 3 is 2.76 bits per heavy atom. The lowest BCUT2D eigenvalue weighted by Crippen LogP contribution is -2.47. The van der Waals surface area contributed by atoms with Gasteiger partial charge in [0.05, 0.1) is 24.3 Å². The Labute approximate surface area is 143 Å². The number of methoxy groups -OCH3 is 1. The molecule has 0 spiro atoms. The second-order valence-electron chi connectivity index (χ2n) is 5.79. The number of carbonyl (C=O) groups excluding carboxylic acids is 2. The minimum Gasteiger partial charge on any atom is -0.467 e. The zero-order valence-electron chi connectivity index (χ0n) is 14.3. The normalized spacial score (nSPS) is 13.3. The molecule has 1 aromatic heterocycles. The number of nitrogens with zero attached hydrogens (tertiary/aromatic N) is 2. The number of aromatic nitrogens is 2. The summed E-state index contributed by atoms with van der Waals surface area (Å²) < 4.78 is 19.0. The molecule has 2 aromatic rings. The van der Waals surface area contributed by atoms with Crippen molar-refractivity contribution in [1.82, 2.24) is 14.9 Å². The molecule has 0 fully saturated rings. The molecule has 0 aliphatic heterocycles. The first-order valence-corrected chi connectivity index (χ1v) is 7.89. The van der Waals surface area contributed by atoms with E-state index < -0.39 is 29.3 Å². The van der Waals surface area contributed by atoms with Gasteiger partial charge in [-0.25, -0.2) is 14.2 Å². The average Bonchev–Trinajstić information content (AvgIpc) is 2.60. The first-order chi connectivity index (χ1) is 11.9. The van der Waals surface area contributed by atoms with Crippen LogP contribution in [0.2, 0.25) is 0 Å². The standard InChI is InChI=1S/C17H20FN3O4/c1-4-10(2)15(17(24)25-3)20-14(22)8-21-9-19-13-7-11(18)5-6-12(13)16(21)23/h5-7,9-10,15H,4,8H2,1-3H3,(H,20,22). The van der Waals surface area contributed by atoms with Crippen molar-refractivity contribution < 1.29 is 18.7 Å². The van der Waals surface area contributed by atoms with Gasteiger partial charge >= 0.3 is 5.97 Å². The van der Waals surface area contributed by atoms with Gasteiger partial charge in [-0.3, -0.25) is 14.2 Å². The van der Waals surface area contributed by atoms with Crippen LogP contribution in [-0.2, 0) is 20.9 Å². The van der Waals surface area contributed by atoms with Gasteiger partial charge in [-0.2, -0.15) is 0 Å². The molecule has 0 aliphatic carbocycles. The molecule has 7 nitrogen and oxygen atoms in total. The van der Waals surface area contributed by atoms with Crippen LogP contribution in [-0.4, -0.2) is 34.6 Å². The number of fused-ring (bicyclic) bond motifs is 1. The lowest BCUT2D eigenvalue weighted by Gasteiger charge is -2.22. The maximum atomic E-state index is 13.2. The summed E-state index contributed by atoms with van der Waals surface area (Å²) >= 11 is 0. The molecular weight excluding hydrogens is 329 g/mol. The molecule has 0 aliphatic rings. The van der Waals surface area contributed by atoms with Gasteiger partial charge in [-0.15, -0.1) is 0 Å². The van der Waals surface area contributed by atoms with Gasteiger partial charge in [0, 0.05) is 6.07 Å². The van der Waals surface area contributed by atoms with E-state index in [2.05, 4.69) is 10.3 Å². The Bertz CT molecular complexity index is 849. The number of hydrogen-bond donors (Lipinski definition) is 1. The Morgan fingerprint density at radius 2 is 2.12 bits per heavy atom. The predicted molar refractivity (Wildman–Crippen MR) is 89.4 cm³/mol. The summed E-state index contributed by atoms with van der Waals surface area (Å²) in [6.07, 6.45) is 1.85. The van der Waals surface area contributed by atoms with E-state index in [9.17, 15) is 18.8 Å². The first-order valence-electron chi connectivity index (χ1n) is 7.89. The van der Waals surface area contributed by atoms with Gasteiger partial charge in [0.2, 0.25) is 5.91 Å². The molecule has 1 amide bonds. The molecule has 0 radical (unpaired) electrons. The molecule has 2 rings (SSSR count). The van der Waals surface area contributed by atoms with Crippen LogP contribution >= 0.6 is 0 Å². The van der Waals surface area contributed by atoms with Crippen LogP contribution in [0.1, 0.15) is 20.3 Å². The number of amides is 1. The van der Waals surface area contributed by atoms with Gasteiger partial charge in [-0.1, -0.05) is 20.3 Å². The predicted octanol–water partition coefficient (Wildman–Crippen LogP) is 1.24. The Kier molecular flexibility index (Phi) is 5.84. The number of rotatable bonds is 6. The summed E-state index contributed by atoms with van der Waals surface area (Å²) in [5.41, 5.74) is -0.244. The average molecular weight is 349 g/mol. The third-order valence-electron chi connectivity index (χ3n) is 4.09. The van der Waals surface area contributed by atoms with Gasteiger partial charge in [0.15, 0.2) is 0 Å². The molecule has 2 unspecified atom stereocenters. The molecule has 25 heavy (non-hydrogen) atoms. The summed E-state index contributed by atoms with van der Waals surface area (Å²) in [4.78, 5) is 40.4. The molecule has 0 saturated heterocycles.